The lowest BCUT2D eigenvalue weighted by Crippen LogP contribution is -1.95. The van der Waals surface area contributed by atoms with E-state index in [0.717, 1.165) is 11.3 Å². The number of furan rings is 1. The van der Waals surface area contributed by atoms with E-state index in [0.29, 0.717) is 24.2 Å². The van der Waals surface area contributed by atoms with Crippen LogP contribution in [0, 0.1) is 0 Å². The number of aliphatic hydroxyl groups is 1. The van der Waals surface area contributed by atoms with Crippen molar-refractivity contribution in [3.8, 4) is 5.75 Å². The zero-order chi connectivity index (χ0) is 12.8. The van der Waals surface area contributed by atoms with Crippen LogP contribution in [0.15, 0.2) is 40.8 Å². The van der Waals surface area contributed by atoms with Crippen molar-refractivity contribution in [3.63, 3.8) is 0 Å². The fourth-order valence-corrected chi connectivity index (χ4v) is 1.57. The van der Waals surface area contributed by atoms with Gasteiger partial charge in [0.1, 0.15) is 18.1 Å². The first-order valence-corrected chi connectivity index (χ1v) is 5.68. The first-order chi connectivity index (χ1) is 8.81. The molecule has 0 amide bonds. The van der Waals surface area contributed by atoms with Gasteiger partial charge in [-0.05, 0) is 36.2 Å². The van der Waals surface area contributed by atoms with Crippen molar-refractivity contribution in [1.82, 2.24) is 0 Å². The third-order valence-corrected chi connectivity index (χ3v) is 2.50. The zero-order valence-electron chi connectivity index (χ0n) is 9.83. The highest BCUT2D eigenvalue weighted by Gasteiger charge is 2.02. The average molecular weight is 246 g/mol. The molecule has 94 valence electrons. The minimum Gasteiger partial charge on any atom is -0.486 e. The maximum atomic E-state index is 10.4. The van der Waals surface area contributed by atoms with E-state index in [1.807, 2.05) is 24.3 Å². The number of hydrogen-bond acceptors (Lipinski definition) is 4. The van der Waals surface area contributed by atoms with Gasteiger partial charge in [0.15, 0.2) is 12.0 Å². The van der Waals surface area contributed by atoms with E-state index in [2.05, 4.69) is 0 Å². The Morgan fingerprint density at radius 2 is 1.94 bits per heavy atom. The standard InChI is InChI=1S/C14H14O4/c15-8-7-11-1-3-12(4-2-11)17-10-14-6-5-13(9-16)18-14/h1-6,9,15H,7-8,10H2. The van der Waals surface area contributed by atoms with Gasteiger partial charge >= 0.3 is 0 Å². The molecule has 1 N–H and O–H groups in total. The molecule has 0 bridgehead atoms. The summed E-state index contributed by atoms with van der Waals surface area (Å²) in [5.41, 5.74) is 1.06. The van der Waals surface area contributed by atoms with E-state index in [-0.39, 0.29) is 13.2 Å². The number of benzene rings is 1. The lowest BCUT2D eigenvalue weighted by Gasteiger charge is -2.05. The normalized spacial score (nSPS) is 10.3. The maximum Gasteiger partial charge on any atom is 0.185 e. The topological polar surface area (TPSA) is 59.7 Å². The number of aliphatic hydroxyl groups excluding tert-OH is 1. The van der Waals surface area contributed by atoms with Gasteiger partial charge in [-0.25, -0.2) is 0 Å². The molecule has 1 aromatic heterocycles. The second-order valence-corrected chi connectivity index (χ2v) is 3.83. The molecule has 0 fully saturated rings. The monoisotopic (exact) mass is 246 g/mol. The average Bonchev–Trinajstić information content (AvgIpc) is 2.86. The third kappa shape index (κ3) is 3.21. The van der Waals surface area contributed by atoms with Gasteiger partial charge in [-0.2, -0.15) is 0 Å². The molecule has 0 saturated heterocycles. The minimum absolute atomic E-state index is 0.140. The minimum atomic E-state index is 0.140. The first kappa shape index (κ1) is 12.4. The summed E-state index contributed by atoms with van der Waals surface area (Å²) in [6.07, 6.45) is 1.30. The number of hydrogen-bond donors (Lipinski definition) is 1. The highest BCUT2D eigenvalue weighted by Crippen LogP contribution is 2.15. The van der Waals surface area contributed by atoms with Crippen molar-refractivity contribution in [3.05, 3.63) is 53.5 Å². The van der Waals surface area contributed by atoms with Gasteiger partial charge in [0.2, 0.25) is 0 Å². The molecule has 0 radical (unpaired) electrons. The second-order valence-electron chi connectivity index (χ2n) is 3.83. The Balaban J connectivity index is 1.91. The van der Waals surface area contributed by atoms with E-state index >= 15 is 0 Å². The molecule has 0 unspecified atom stereocenters. The smallest absolute Gasteiger partial charge is 0.185 e. The van der Waals surface area contributed by atoms with E-state index in [9.17, 15) is 4.79 Å². The summed E-state index contributed by atoms with van der Waals surface area (Å²) in [7, 11) is 0. The van der Waals surface area contributed by atoms with Gasteiger partial charge in [0.25, 0.3) is 0 Å². The molecule has 1 aromatic carbocycles. The Kier molecular flexibility index (Phi) is 4.15. The van der Waals surface area contributed by atoms with Crippen LogP contribution >= 0.6 is 0 Å². The van der Waals surface area contributed by atoms with Gasteiger partial charge < -0.3 is 14.3 Å². The summed E-state index contributed by atoms with van der Waals surface area (Å²) < 4.78 is 10.7. The molecule has 1 heterocycles. The van der Waals surface area contributed by atoms with Crippen molar-refractivity contribution < 1.29 is 19.1 Å². The summed E-state index contributed by atoms with van der Waals surface area (Å²) in [5.74, 6) is 1.63. The molecule has 18 heavy (non-hydrogen) atoms. The lowest BCUT2D eigenvalue weighted by atomic mass is 10.1. The number of carbonyl (C=O) groups excluding carboxylic acids is 1. The van der Waals surface area contributed by atoms with Crippen LogP contribution in [-0.4, -0.2) is 18.0 Å². The van der Waals surface area contributed by atoms with Gasteiger partial charge in [0.05, 0.1) is 0 Å². The molecular formula is C14H14O4. The largest absolute Gasteiger partial charge is 0.486 e. The SMILES string of the molecule is O=Cc1ccc(COc2ccc(CCO)cc2)o1. The Morgan fingerprint density at radius 1 is 1.17 bits per heavy atom. The molecule has 0 aliphatic carbocycles. The molecule has 2 aromatic rings. The summed E-state index contributed by atoms with van der Waals surface area (Å²) in [4.78, 5) is 10.4. The predicted molar refractivity (Wildman–Crippen MR) is 65.7 cm³/mol. The molecule has 4 heteroatoms. The Hall–Kier alpha value is -2.07. The Morgan fingerprint density at radius 3 is 2.56 bits per heavy atom. The Labute approximate surface area is 105 Å². The Bertz CT molecular complexity index is 499. The van der Waals surface area contributed by atoms with E-state index in [4.69, 9.17) is 14.3 Å². The number of carbonyl (C=O) groups is 1. The van der Waals surface area contributed by atoms with Crippen molar-refractivity contribution in [1.29, 1.82) is 0 Å². The summed E-state index contributed by atoms with van der Waals surface area (Å²) >= 11 is 0. The fraction of sp³-hybridized carbons (Fsp3) is 0.214. The lowest BCUT2D eigenvalue weighted by molar-refractivity contribution is 0.109. The zero-order valence-corrected chi connectivity index (χ0v) is 9.83. The van der Waals surface area contributed by atoms with Crippen LogP contribution in [0.25, 0.3) is 0 Å². The third-order valence-electron chi connectivity index (χ3n) is 2.50. The van der Waals surface area contributed by atoms with Crippen LogP contribution in [0.5, 0.6) is 5.75 Å². The highest BCUT2D eigenvalue weighted by atomic mass is 16.5. The van der Waals surface area contributed by atoms with Gasteiger partial charge in [-0.15, -0.1) is 0 Å². The van der Waals surface area contributed by atoms with Crippen molar-refractivity contribution in [2.24, 2.45) is 0 Å². The van der Waals surface area contributed by atoms with Crippen molar-refractivity contribution in [2.75, 3.05) is 6.61 Å². The quantitative estimate of drug-likeness (QED) is 0.794. The van der Waals surface area contributed by atoms with Crippen LogP contribution in [0.4, 0.5) is 0 Å². The summed E-state index contributed by atoms with van der Waals surface area (Å²) in [6.45, 7) is 0.425. The summed E-state index contributed by atoms with van der Waals surface area (Å²) in [6, 6.07) is 10.8. The molecule has 2 rings (SSSR count). The van der Waals surface area contributed by atoms with Crippen molar-refractivity contribution in [2.45, 2.75) is 13.0 Å². The van der Waals surface area contributed by atoms with Gasteiger partial charge in [0, 0.05) is 6.61 Å². The van der Waals surface area contributed by atoms with Crippen LogP contribution in [0.2, 0.25) is 0 Å². The van der Waals surface area contributed by atoms with Crippen molar-refractivity contribution >= 4 is 6.29 Å². The molecule has 0 spiro atoms. The highest BCUT2D eigenvalue weighted by molar-refractivity contribution is 5.70. The number of aldehydes is 1. The van der Waals surface area contributed by atoms with E-state index < -0.39 is 0 Å². The fourth-order valence-electron chi connectivity index (χ4n) is 1.57. The predicted octanol–water partition coefficient (Wildman–Crippen LogP) is 2.21. The maximum absolute atomic E-state index is 10.4. The number of rotatable bonds is 6. The van der Waals surface area contributed by atoms with Crippen LogP contribution < -0.4 is 4.74 Å². The molecule has 4 nitrogen and oxygen atoms in total. The van der Waals surface area contributed by atoms with Gasteiger partial charge in [-0.1, -0.05) is 12.1 Å². The first-order valence-electron chi connectivity index (χ1n) is 5.68. The van der Waals surface area contributed by atoms with E-state index in [1.54, 1.807) is 12.1 Å². The number of ether oxygens (including phenoxy) is 1. The van der Waals surface area contributed by atoms with Crippen LogP contribution in [0.1, 0.15) is 21.9 Å². The molecule has 0 saturated carbocycles. The molecule has 0 aliphatic rings. The van der Waals surface area contributed by atoms with Gasteiger partial charge in [-0.3, -0.25) is 4.79 Å². The van der Waals surface area contributed by atoms with Crippen LogP contribution in [0.3, 0.4) is 0 Å². The van der Waals surface area contributed by atoms with E-state index in [1.165, 1.54) is 0 Å². The molecule has 0 aliphatic heterocycles. The molecule has 0 atom stereocenters. The second kappa shape index (κ2) is 6.02. The molecular weight excluding hydrogens is 232 g/mol. The van der Waals surface area contributed by atoms with Crippen LogP contribution in [-0.2, 0) is 13.0 Å². The summed E-state index contributed by atoms with van der Waals surface area (Å²) in [5, 5.41) is 8.79.